The van der Waals surface area contributed by atoms with Crippen LogP contribution in [0, 0.1) is 11.3 Å². The van der Waals surface area contributed by atoms with Crippen LogP contribution in [0.5, 0.6) is 0 Å². The number of carbonyl (C=O) groups is 1. The van der Waals surface area contributed by atoms with Crippen molar-refractivity contribution < 1.29 is 4.79 Å². The largest absolute Gasteiger partial charge is 0.383 e. The molecule has 20 heavy (non-hydrogen) atoms. The maximum Gasteiger partial charge on any atom is 0.237 e. The van der Waals surface area contributed by atoms with E-state index >= 15 is 0 Å². The molecule has 0 saturated heterocycles. The van der Waals surface area contributed by atoms with Crippen LogP contribution in [0.3, 0.4) is 0 Å². The minimum Gasteiger partial charge on any atom is -0.383 e. The quantitative estimate of drug-likeness (QED) is 0.666. The van der Waals surface area contributed by atoms with Crippen LogP contribution in [0.2, 0.25) is 0 Å². The molecule has 0 unspecified atom stereocenters. The molecule has 1 amide bonds. The summed E-state index contributed by atoms with van der Waals surface area (Å²) in [5, 5.41) is 7.56. The lowest BCUT2D eigenvalue weighted by Gasteiger charge is -2.32. The van der Waals surface area contributed by atoms with Gasteiger partial charge in [-0.3, -0.25) is 10.2 Å². The molecule has 1 fully saturated rings. The molecule has 2 aliphatic rings. The third-order valence-electron chi connectivity index (χ3n) is 4.03. The van der Waals surface area contributed by atoms with Crippen LogP contribution in [-0.4, -0.2) is 24.0 Å². The second-order valence-corrected chi connectivity index (χ2v) is 7.79. The fourth-order valence-corrected chi connectivity index (χ4v) is 5.12. The average molecular weight is 309 g/mol. The summed E-state index contributed by atoms with van der Waals surface area (Å²) in [7, 11) is 0. The first kappa shape index (κ1) is 13.9. The molecule has 1 aliphatic heterocycles. The Balaban J connectivity index is 1.83. The normalized spacial score (nSPS) is 20.0. The molecule has 108 valence electrons. The zero-order valence-electron chi connectivity index (χ0n) is 11.4. The lowest BCUT2D eigenvalue weighted by molar-refractivity contribution is -0.116. The predicted octanol–water partition coefficient (Wildman–Crippen LogP) is 3.05. The van der Waals surface area contributed by atoms with Crippen molar-refractivity contribution in [1.29, 1.82) is 5.41 Å². The second-order valence-electron chi connectivity index (χ2n) is 5.49. The highest BCUT2D eigenvalue weighted by molar-refractivity contribution is 8.02. The molecule has 6 heteroatoms. The summed E-state index contributed by atoms with van der Waals surface area (Å²) in [4.78, 5) is 14.9. The number of nitrogens with one attached hydrogen (secondary N) is 1. The first-order valence-corrected chi connectivity index (χ1v) is 8.87. The number of thiophene rings is 1. The second kappa shape index (κ2) is 5.77. The van der Waals surface area contributed by atoms with Gasteiger partial charge in [-0.25, -0.2) is 0 Å². The van der Waals surface area contributed by atoms with E-state index in [4.69, 9.17) is 11.1 Å². The van der Waals surface area contributed by atoms with Gasteiger partial charge in [-0.15, -0.1) is 23.1 Å². The fraction of sp³-hybridized carbons (Fsp3) is 0.571. The summed E-state index contributed by atoms with van der Waals surface area (Å²) in [6.45, 7) is 0.834. The van der Waals surface area contributed by atoms with Crippen molar-refractivity contribution >= 4 is 40.5 Å². The van der Waals surface area contributed by atoms with Gasteiger partial charge in [0.25, 0.3) is 0 Å². The molecule has 0 bridgehead atoms. The monoisotopic (exact) mass is 309 g/mol. The Morgan fingerprint density at radius 1 is 1.40 bits per heavy atom. The van der Waals surface area contributed by atoms with Crippen LogP contribution in [-0.2, 0) is 4.79 Å². The minimum absolute atomic E-state index is 0.0927. The van der Waals surface area contributed by atoms with Crippen molar-refractivity contribution in [3.63, 3.8) is 0 Å². The van der Waals surface area contributed by atoms with E-state index < -0.39 is 0 Å². The Morgan fingerprint density at radius 3 is 2.85 bits per heavy atom. The standard InChI is InChI=1S/C14H19N3OS2/c15-13(16)11-6-10-14(20-11)19-8-12(18)17(10)7-9-4-2-1-3-5-9/h6,9H,1-5,7-8H2,(H3,15,16). The molecular formula is C14H19N3OS2. The first-order chi connectivity index (χ1) is 9.65. The number of hydrogen-bond acceptors (Lipinski definition) is 4. The number of nitrogens with two attached hydrogens (primary N) is 1. The third kappa shape index (κ3) is 2.72. The number of carbonyl (C=O) groups excluding carboxylic acids is 1. The molecule has 2 heterocycles. The van der Waals surface area contributed by atoms with Gasteiger partial charge in [0, 0.05) is 6.54 Å². The van der Waals surface area contributed by atoms with Gasteiger partial charge in [-0.2, -0.15) is 0 Å². The molecule has 1 aromatic rings. The molecule has 4 nitrogen and oxygen atoms in total. The highest BCUT2D eigenvalue weighted by Gasteiger charge is 2.29. The molecule has 0 aromatic carbocycles. The highest BCUT2D eigenvalue weighted by atomic mass is 32.2. The number of nitrogens with zero attached hydrogens (tertiary/aromatic N) is 1. The van der Waals surface area contributed by atoms with Gasteiger partial charge in [-0.1, -0.05) is 19.3 Å². The number of amidine groups is 1. The summed E-state index contributed by atoms with van der Waals surface area (Å²) in [6, 6.07) is 1.91. The summed E-state index contributed by atoms with van der Waals surface area (Å²) in [5.41, 5.74) is 6.55. The van der Waals surface area contributed by atoms with Crippen molar-refractivity contribution in [2.75, 3.05) is 17.2 Å². The minimum atomic E-state index is 0.0927. The molecule has 3 rings (SSSR count). The van der Waals surface area contributed by atoms with Crippen LogP contribution in [0.4, 0.5) is 5.69 Å². The van der Waals surface area contributed by atoms with E-state index in [9.17, 15) is 4.79 Å². The van der Waals surface area contributed by atoms with E-state index in [1.165, 1.54) is 43.4 Å². The van der Waals surface area contributed by atoms with E-state index in [2.05, 4.69) is 0 Å². The zero-order chi connectivity index (χ0) is 14.1. The van der Waals surface area contributed by atoms with E-state index in [1.54, 1.807) is 11.8 Å². The topological polar surface area (TPSA) is 70.2 Å². The summed E-state index contributed by atoms with van der Waals surface area (Å²) >= 11 is 3.11. The van der Waals surface area contributed by atoms with Gasteiger partial charge in [0.2, 0.25) is 5.91 Å². The lowest BCUT2D eigenvalue weighted by Crippen LogP contribution is -2.39. The van der Waals surface area contributed by atoms with E-state index in [0.717, 1.165) is 21.3 Å². The number of rotatable bonds is 3. The SMILES string of the molecule is N=C(N)c1cc2c(s1)SCC(=O)N2CC1CCCCC1. The number of hydrogen-bond donors (Lipinski definition) is 2. The molecule has 0 radical (unpaired) electrons. The maximum absolute atomic E-state index is 12.2. The Kier molecular flexibility index (Phi) is 4.03. The van der Waals surface area contributed by atoms with Crippen LogP contribution >= 0.6 is 23.1 Å². The van der Waals surface area contributed by atoms with Crippen molar-refractivity contribution in [3.8, 4) is 0 Å². The maximum atomic E-state index is 12.2. The summed E-state index contributed by atoms with van der Waals surface area (Å²) < 4.78 is 1.13. The van der Waals surface area contributed by atoms with E-state index in [-0.39, 0.29) is 11.7 Å². The molecule has 0 atom stereocenters. The van der Waals surface area contributed by atoms with Crippen LogP contribution in [0.25, 0.3) is 0 Å². The Morgan fingerprint density at radius 2 is 2.15 bits per heavy atom. The lowest BCUT2D eigenvalue weighted by atomic mass is 9.89. The van der Waals surface area contributed by atoms with Gasteiger partial charge in [0.05, 0.1) is 20.5 Å². The predicted molar refractivity (Wildman–Crippen MR) is 85.0 cm³/mol. The third-order valence-corrected chi connectivity index (χ3v) is 6.45. The Labute approximate surface area is 127 Å². The molecular weight excluding hydrogens is 290 g/mol. The number of thioether (sulfide) groups is 1. The van der Waals surface area contributed by atoms with Crippen LogP contribution in [0.15, 0.2) is 10.3 Å². The Hall–Kier alpha value is -1.01. The van der Waals surface area contributed by atoms with Crippen molar-refractivity contribution in [2.24, 2.45) is 11.7 Å². The van der Waals surface area contributed by atoms with E-state index in [0.29, 0.717) is 11.7 Å². The number of nitrogen functional groups attached to an aromatic ring is 1. The van der Waals surface area contributed by atoms with Gasteiger partial charge < -0.3 is 10.6 Å². The average Bonchev–Trinajstić information content (AvgIpc) is 2.88. The molecule has 1 aliphatic carbocycles. The number of amides is 1. The van der Waals surface area contributed by atoms with Crippen molar-refractivity contribution in [2.45, 2.75) is 36.3 Å². The van der Waals surface area contributed by atoms with Crippen molar-refractivity contribution in [3.05, 3.63) is 10.9 Å². The van der Waals surface area contributed by atoms with Gasteiger partial charge in [0.1, 0.15) is 5.84 Å². The summed E-state index contributed by atoms with van der Waals surface area (Å²) in [5.74, 6) is 1.43. The van der Waals surface area contributed by atoms with Crippen LogP contribution in [0.1, 0.15) is 37.0 Å². The fourth-order valence-electron chi connectivity index (χ4n) is 2.96. The van der Waals surface area contributed by atoms with Crippen molar-refractivity contribution in [1.82, 2.24) is 0 Å². The zero-order valence-corrected chi connectivity index (χ0v) is 13.0. The summed E-state index contributed by atoms with van der Waals surface area (Å²) in [6.07, 6.45) is 6.37. The smallest absolute Gasteiger partial charge is 0.237 e. The number of anilines is 1. The van der Waals surface area contributed by atoms with Crippen LogP contribution < -0.4 is 10.6 Å². The highest BCUT2D eigenvalue weighted by Crippen LogP contribution is 2.42. The Bertz CT molecular complexity index is 535. The molecule has 1 aromatic heterocycles. The molecule has 1 saturated carbocycles. The van der Waals surface area contributed by atoms with Gasteiger partial charge >= 0.3 is 0 Å². The first-order valence-electron chi connectivity index (χ1n) is 7.06. The number of fused-ring (bicyclic) bond motifs is 1. The van der Waals surface area contributed by atoms with E-state index in [1.807, 2.05) is 11.0 Å². The molecule has 0 spiro atoms. The van der Waals surface area contributed by atoms with Gasteiger partial charge in [-0.05, 0) is 24.8 Å². The van der Waals surface area contributed by atoms with Gasteiger partial charge in [0.15, 0.2) is 0 Å². The molecule has 3 N–H and O–H groups in total.